The normalized spacial score (nSPS) is 14.2. The van der Waals surface area contributed by atoms with Crippen LogP contribution in [0.2, 0.25) is 0 Å². The third kappa shape index (κ3) is 6.18. The summed E-state index contributed by atoms with van der Waals surface area (Å²) in [6.07, 6.45) is 3.29. The Balaban J connectivity index is 1.63. The van der Waals surface area contributed by atoms with Crippen molar-refractivity contribution >= 4 is 11.9 Å². The van der Waals surface area contributed by atoms with Gasteiger partial charge >= 0.3 is 5.97 Å². The molecule has 1 amide bonds. The van der Waals surface area contributed by atoms with E-state index in [-0.39, 0.29) is 22.3 Å². The van der Waals surface area contributed by atoms with Crippen LogP contribution in [0, 0.1) is 0 Å². The molecule has 3 aromatic carbocycles. The molecule has 5 rings (SSSR count). The molecule has 0 unspecified atom stereocenters. The number of carbonyl (C=O) groups excluding carboxylic acids is 1. The molecule has 1 saturated heterocycles. The van der Waals surface area contributed by atoms with E-state index in [1.165, 1.54) is 17.5 Å². The fourth-order valence-electron chi connectivity index (χ4n) is 5.37. The molecule has 1 fully saturated rings. The number of piperidine rings is 1. The maximum absolute atomic E-state index is 13.1. The van der Waals surface area contributed by atoms with Crippen LogP contribution < -0.4 is 0 Å². The molecule has 1 aliphatic heterocycles. The average Bonchev–Trinajstić information content (AvgIpc) is 3.42. The van der Waals surface area contributed by atoms with Gasteiger partial charge in [-0.1, -0.05) is 59.7 Å². The standard InChI is InChI=1S/C36H41N3O3/c1-35(2,3)28-20-27(21-29(22-28)36(4,5)6)32-23-31(24-10-12-26(13-11-24)34(41)42)37-39(32)30-16-14-25(15-17-30)33(40)38-18-8-7-9-19-38/h10-17,20-23H,7-9,18-19H2,1-6H3,(H,41,42). The number of aromatic carboxylic acids is 1. The summed E-state index contributed by atoms with van der Waals surface area (Å²) in [6.45, 7) is 15.0. The summed E-state index contributed by atoms with van der Waals surface area (Å²) in [4.78, 5) is 26.5. The predicted molar refractivity (Wildman–Crippen MR) is 169 cm³/mol. The molecule has 4 aromatic rings. The summed E-state index contributed by atoms with van der Waals surface area (Å²) >= 11 is 0. The molecule has 218 valence electrons. The molecule has 0 aliphatic carbocycles. The molecular weight excluding hydrogens is 522 g/mol. The molecule has 1 aromatic heterocycles. The molecule has 1 aliphatic rings. The molecule has 2 heterocycles. The Bertz CT molecular complexity index is 1560. The largest absolute Gasteiger partial charge is 0.478 e. The Morgan fingerprint density at radius 3 is 1.76 bits per heavy atom. The van der Waals surface area contributed by atoms with Crippen LogP contribution in [0.4, 0.5) is 0 Å². The first-order valence-electron chi connectivity index (χ1n) is 14.8. The maximum atomic E-state index is 13.1. The van der Waals surface area contributed by atoms with Crippen molar-refractivity contribution in [3.63, 3.8) is 0 Å². The number of nitrogens with zero attached hydrogens (tertiary/aromatic N) is 3. The molecule has 0 bridgehead atoms. The second-order valence-corrected chi connectivity index (χ2v) is 13.4. The molecule has 0 saturated carbocycles. The van der Waals surface area contributed by atoms with Gasteiger partial charge in [-0.2, -0.15) is 5.10 Å². The smallest absolute Gasteiger partial charge is 0.335 e. The van der Waals surface area contributed by atoms with Crippen LogP contribution in [-0.4, -0.2) is 44.8 Å². The number of aromatic nitrogens is 2. The van der Waals surface area contributed by atoms with Crippen LogP contribution in [-0.2, 0) is 10.8 Å². The van der Waals surface area contributed by atoms with Gasteiger partial charge in [-0.15, -0.1) is 0 Å². The van der Waals surface area contributed by atoms with Crippen LogP contribution in [0.5, 0.6) is 0 Å². The average molecular weight is 564 g/mol. The van der Waals surface area contributed by atoms with E-state index in [2.05, 4.69) is 65.8 Å². The predicted octanol–water partition coefficient (Wildman–Crippen LogP) is 8.13. The summed E-state index contributed by atoms with van der Waals surface area (Å²) in [5.41, 5.74) is 7.73. The highest BCUT2D eigenvalue weighted by atomic mass is 16.4. The molecule has 6 heteroatoms. The number of benzene rings is 3. The van der Waals surface area contributed by atoms with Gasteiger partial charge in [0.1, 0.15) is 0 Å². The van der Waals surface area contributed by atoms with Gasteiger partial charge in [0.2, 0.25) is 0 Å². The van der Waals surface area contributed by atoms with Crippen molar-refractivity contribution in [2.45, 2.75) is 71.6 Å². The zero-order chi connectivity index (χ0) is 30.2. The van der Waals surface area contributed by atoms with Gasteiger partial charge < -0.3 is 10.0 Å². The third-order valence-electron chi connectivity index (χ3n) is 8.10. The van der Waals surface area contributed by atoms with Gasteiger partial charge in [0.05, 0.1) is 22.6 Å². The number of carbonyl (C=O) groups is 2. The van der Waals surface area contributed by atoms with Crippen molar-refractivity contribution in [2.24, 2.45) is 0 Å². The number of amides is 1. The van der Waals surface area contributed by atoms with Gasteiger partial charge in [0, 0.05) is 29.8 Å². The highest BCUT2D eigenvalue weighted by Crippen LogP contribution is 2.36. The van der Waals surface area contributed by atoms with Crippen molar-refractivity contribution in [2.75, 3.05) is 13.1 Å². The van der Waals surface area contributed by atoms with Crippen LogP contribution in [0.3, 0.4) is 0 Å². The molecule has 0 spiro atoms. The van der Waals surface area contributed by atoms with Crippen LogP contribution in [0.25, 0.3) is 28.2 Å². The number of carboxylic acids is 1. The van der Waals surface area contributed by atoms with Gasteiger partial charge in [0.25, 0.3) is 5.91 Å². The number of rotatable bonds is 5. The van der Waals surface area contributed by atoms with E-state index < -0.39 is 5.97 Å². The van der Waals surface area contributed by atoms with E-state index in [0.29, 0.717) is 5.56 Å². The Morgan fingerprint density at radius 2 is 1.24 bits per heavy atom. The van der Waals surface area contributed by atoms with Gasteiger partial charge in [0.15, 0.2) is 0 Å². The zero-order valence-corrected chi connectivity index (χ0v) is 25.6. The van der Waals surface area contributed by atoms with E-state index >= 15 is 0 Å². The van der Waals surface area contributed by atoms with Crippen molar-refractivity contribution in [1.82, 2.24) is 14.7 Å². The Labute approximate surface area is 249 Å². The Hall–Kier alpha value is -4.19. The number of hydrogen-bond acceptors (Lipinski definition) is 3. The summed E-state index contributed by atoms with van der Waals surface area (Å²) < 4.78 is 1.93. The molecule has 1 N–H and O–H groups in total. The minimum atomic E-state index is -0.958. The van der Waals surface area contributed by atoms with Crippen molar-refractivity contribution in [3.05, 3.63) is 95.1 Å². The molecule has 0 radical (unpaired) electrons. The first-order chi connectivity index (χ1) is 19.8. The van der Waals surface area contributed by atoms with Crippen LogP contribution in [0.15, 0.2) is 72.8 Å². The highest BCUT2D eigenvalue weighted by Gasteiger charge is 2.24. The van der Waals surface area contributed by atoms with E-state index in [0.717, 1.165) is 54.1 Å². The van der Waals surface area contributed by atoms with E-state index in [1.807, 2.05) is 33.8 Å². The van der Waals surface area contributed by atoms with Gasteiger partial charge in [-0.25, -0.2) is 9.48 Å². The quantitative estimate of drug-likeness (QED) is 0.266. The van der Waals surface area contributed by atoms with E-state index in [9.17, 15) is 14.7 Å². The number of likely N-dealkylation sites (tertiary alicyclic amines) is 1. The fraction of sp³-hybridized carbons (Fsp3) is 0.361. The second kappa shape index (κ2) is 11.2. The monoisotopic (exact) mass is 563 g/mol. The summed E-state index contributed by atoms with van der Waals surface area (Å²) in [7, 11) is 0. The Kier molecular flexibility index (Phi) is 7.84. The minimum Gasteiger partial charge on any atom is -0.478 e. The molecule has 42 heavy (non-hydrogen) atoms. The van der Waals surface area contributed by atoms with Crippen LogP contribution in [0.1, 0.15) is 92.6 Å². The molecule has 0 atom stereocenters. The lowest BCUT2D eigenvalue weighted by molar-refractivity contribution is 0.0694. The van der Waals surface area contributed by atoms with Crippen molar-refractivity contribution in [3.8, 4) is 28.2 Å². The lowest BCUT2D eigenvalue weighted by Crippen LogP contribution is -2.35. The SMILES string of the molecule is CC(C)(C)c1cc(-c2cc(-c3ccc(C(=O)O)cc3)nn2-c2ccc(C(=O)N3CCCCC3)cc2)cc(C(C)(C)C)c1. The van der Waals surface area contributed by atoms with Gasteiger partial charge in [-0.3, -0.25) is 4.79 Å². The topological polar surface area (TPSA) is 75.4 Å². The fourth-order valence-corrected chi connectivity index (χ4v) is 5.37. The van der Waals surface area contributed by atoms with E-state index in [1.54, 1.807) is 24.3 Å². The Morgan fingerprint density at radius 1 is 0.690 bits per heavy atom. The second-order valence-electron chi connectivity index (χ2n) is 13.4. The summed E-state index contributed by atoms with van der Waals surface area (Å²) in [6, 6.07) is 23.4. The van der Waals surface area contributed by atoms with Gasteiger partial charge in [-0.05, 0) is 95.8 Å². The van der Waals surface area contributed by atoms with Crippen molar-refractivity contribution in [1.29, 1.82) is 0 Å². The lowest BCUT2D eigenvalue weighted by Gasteiger charge is -2.27. The summed E-state index contributed by atoms with van der Waals surface area (Å²) in [5.74, 6) is -0.880. The third-order valence-corrected chi connectivity index (χ3v) is 8.10. The highest BCUT2D eigenvalue weighted by molar-refractivity contribution is 5.94. The summed E-state index contributed by atoms with van der Waals surface area (Å²) in [5, 5.41) is 14.4. The van der Waals surface area contributed by atoms with Crippen molar-refractivity contribution < 1.29 is 14.7 Å². The molecular formula is C36H41N3O3. The van der Waals surface area contributed by atoms with E-state index in [4.69, 9.17) is 5.10 Å². The molecule has 6 nitrogen and oxygen atoms in total. The number of carboxylic acid groups (broad SMARTS) is 1. The maximum Gasteiger partial charge on any atom is 0.335 e. The lowest BCUT2D eigenvalue weighted by atomic mass is 9.79. The zero-order valence-electron chi connectivity index (χ0n) is 25.6. The minimum absolute atomic E-state index is 0.0488. The van der Waals surface area contributed by atoms with Crippen LogP contribution >= 0.6 is 0 Å². The first kappa shape index (κ1) is 29.3. The first-order valence-corrected chi connectivity index (χ1v) is 14.8. The number of hydrogen-bond donors (Lipinski definition) is 1.